The Balaban J connectivity index is 0.00000162. The van der Waals surface area contributed by atoms with Crippen LogP contribution in [0.25, 0.3) is 0 Å². The largest absolute Gasteiger partial charge is 0.356 e. The Morgan fingerprint density at radius 1 is 1.50 bits per heavy atom. The van der Waals surface area contributed by atoms with Crippen LogP contribution in [-0.2, 0) is 6.42 Å². The highest BCUT2D eigenvalue weighted by atomic mass is 127. The number of hydrogen-bond donors (Lipinski definition) is 1. The predicted octanol–water partition coefficient (Wildman–Crippen LogP) is 2.64. The molecule has 0 aromatic heterocycles. The standard InChI is InChI=1S/C12H15BrFN3.HI/c1-17-7-6-16-12(17)15-5-4-9-2-3-11(14)10(13)8-9;/h2-3,8H,4-7H2,1H3,(H,15,16);1H. The molecule has 0 saturated heterocycles. The highest BCUT2D eigenvalue weighted by molar-refractivity contribution is 14.0. The van der Waals surface area contributed by atoms with Crippen LogP contribution in [0, 0.1) is 5.82 Å². The molecule has 0 radical (unpaired) electrons. The zero-order chi connectivity index (χ0) is 12.3. The molecule has 0 spiro atoms. The van der Waals surface area contributed by atoms with Gasteiger partial charge in [-0.2, -0.15) is 0 Å². The number of hydrogen-bond acceptors (Lipinski definition) is 3. The Bertz CT molecular complexity index is 439. The van der Waals surface area contributed by atoms with E-state index in [4.69, 9.17) is 0 Å². The second-order valence-electron chi connectivity index (χ2n) is 4.05. The Kier molecular flexibility index (Phi) is 6.34. The van der Waals surface area contributed by atoms with Crippen LogP contribution in [0.15, 0.2) is 27.7 Å². The van der Waals surface area contributed by atoms with Crippen molar-refractivity contribution in [1.29, 1.82) is 0 Å². The molecule has 0 unspecified atom stereocenters. The molecular weight excluding hydrogens is 412 g/mol. The maximum atomic E-state index is 13.0. The molecule has 1 aromatic rings. The lowest BCUT2D eigenvalue weighted by atomic mass is 10.1. The molecule has 100 valence electrons. The number of likely N-dealkylation sites (N-methyl/N-ethyl adjacent to an activating group) is 1. The van der Waals surface area contributed by atoms with E-state index in [1.165, 1.54) is 6.07 Å². The fourth-order valence-electron chi connectivity index (χ4n) is 1.74. The number of rotatable bonds is 3. The number of benzene rings is 1. The van der Waals surface area contributed by atoms with Crippen molar-refractivity contribution in [1.82, 2.24) is 10.2 Å². The van der Waals surface area contributed by atoms with Gasteiger partial charge in [-0.15, -0.1) is 24.0 Å². The van der Waals surface area contributed by atoms with E-state index >= 15 is 0 Å². The summed E-state index contributed by atoms with van der Waals surface area (Å²) in [7, 11) is 2.02. The van der Waals surface area contributed by atoms with Crippen molar-refractivity contribution < 1.29 is 4.39 Å². The zero-order valence-electron chi connectivity index (χ0n) is 10.1. The highest BCUT2D eigenvalue weighted by Gasteiger charge is 2.10. The van der Waals surface area contributed by atoms with E-state index in [2.05, 4.69) is 31.1 Å². The van der Waals surface area contributed by atoms with Crippen LogP contribution in [0.5, 0.6) is 0 Å². The zero-order valence-corrected chi connectivity index (χ0v) is 14.0. The molecule has 3 nitrogen and oxygen atoms in total. The van der Waals surface area contributed by atoms with Crippen LogP contribution in [0.4, 0.5) is 4.39 Å². The molecule has 1 N–H and O–H groups in total. The van der Waals surface area contributed by atoms with E-state index < -0.39 is 0 Å². The first-order valence-corrected chi connectivity index (χ1v) is 6.39. The van der Waals surface area contributed by atoms with Crippen molar-refractivity contribution in [3.05, 3.63) is 34.1 Å². The van der Waals surface area contributed by atoms with Gasteiger partial charge in [0, 0.05) is 20.1 Å². The maximum Gasteiger partial charge on any atom is 0.193 e. The summed E-state index contributed by atoms with van der Waals surface area (Å²) in [6.45, 7) is 2.65. The third-order valence-electron chi connectivity index (χ3n) is 2.74. The average molecular weight is 428 g/mol. The molecule has 1 heterocycles. The van der Waals surface area contributed by atoms with E-state index in [0.717, 1.165) is 37.6 Å². The van der Waals surface area contributed by atoms with Gasteiger partial charge in [-0.3, -0.25) is 4.99 Å². The Morgan fingerprint density at radius 3 is 2.89 bits per heavy atom. The fraction of sp³-hybridized carbons (Fsp3) is 0.417. The second-order valence-corrected chi connectivity index (χ2v) is 4.91. The lowest BCUT2D eigenvalue weighted by molar-refractivity contribution is 0.534. The third-order valence-corrected chi connectivity index (χ3v) is 3.35. The van der Waals surface area contributed by atoms with Crippen molar-refractivity contribution in [2.24, 2.45) is 4.99 Å². The topological polar surface area (TPSA) is 27.6 Å². The Labute approximate surface area is 132 Å². The summed E-state index contributed by atoms with van der Waals surface area (Å²) in [6.07, 6.45) is 0.853. The first-order chi connectivity index (χ1) is 8.16. The van der Waals surface area contributed by atoms with Crippen molar-refractivity contribution in [2.75, 3.05) is 26.7 Å². The molecule has 0 bridgehead atoms. The van der Waals surface area contributed by atoms with E-state index in [9.17, 15) is 4.39 Å². The summed E-state index contributed by atoms with van der Waals surface area (Å²) in [5.74, 6) is 0.729. The first kappa shape index (κ1) is 15.7. The highest BCUT2D eigenvalue weighted by Crippen LogP contribution is 2.16. The van der Waals surface area contributed by atoms with Crippen LogP contribution >= 0.6 is 39.9 Å². The molecule has 1 aliphatic heterocycles. The number of guanidine groups is 1. The van der Waals surface area contributed by atoms with E-state index in [-0.39, 0.29) is 29.8 Å². The third kappa shape index (κ3) is 4.08. The van der Waals surface area contributed by atoms with Crippen LogP contribution in [-0.4, -0.2) is 37.5 Å². The van der Waals surface area contributed by atoms with Crippen molar-refractivity contribution in [3.8, 4) is 0 Å². The first-order valence-electron chi connectivity index (χ1n) is 5.60. The van der Waals surface area contributed by atoms with Gasteiger partial charge in [0.05, 0.1) is 11.0 Å². The van der Waals surface area contributed by atoms with Gasteiger partial charge in [0.1, 0.15) is 5.82 Å². The second kappa shape index (κ2) is 7.28. The van der Waals surface area contributed by atoms with Gasteiger partial charge in [-0.1, -0.05) is 6.07 Å². The maximum absolute atomic E-state index is 13.0. The molecule has 1 aromatic carbocycles. The molecular formula is C12H16BrFIN3. The normalized spacial score (nSPS) is 14.2. The summed E-state index contributed by atoms with van der Waals surface area (Å²) < 4.78 is 13.5. The molecule has 1 aliphatic rings. The summed E-state index contributed by atoms with van der Waals surface area (Å²) >= 11 is 3.19. The summed E-state index contributed by atoms with van der Waals surface area (Å²) in [5, 5.41) is 3.28. The van der Waals surface area contributed by atoms with Gasteiger partial charge >= 0.3 is 0 Å². The smallest absolute Gasteiger partial charge is 0.193 e. The molecule has 0 fully saturated rings. The molecule has 0 atom stereocenters. The molecule has 18 heavy (non-hydrogen) atoms. The van der Waals surface area contributed by atoms with Crippen LogP contribution in [0.1, 0.15) is 5.56 Å². The van der Waals surface area contributed by atoms with Crippen LogP contribution < -0.4 is 5.32 Å². The minimum Gasteiger partial charge on any atom is -0.356 e. The van der Waals surface area contributed by atoms with E-state index in [1.807, 2.05) is 19.2 Å². The average Bonchev–Trinajstić information content (AvgIpc) is 2.70. The van der Waals surface area contributed by atoms with Gasteiger partial charge < -0.3 is 10.2 Å². The summed E-state index contributed by atoms with van der Waals surface area (Å²) in [4.78, 5) is 6.44. The molecule has 2 rings (SSSR count). The quantitative estimate of drug-likeness (QED) is 0.751. The lowest BCUT2D eigenvalue weighted by Crippen LogP contribution is -2.36. The number of halogens is 3. The predicted molar refractivity (Wildman–Crippen MR) is 86.2 cm³/mol. The van der Waals surface area contributed by atoms with Gasteiger partial charge in [0.25, 0.3) is 0 Å². The minimum absolute atomic E-state index is 0. The van der Waals surface area contributed by atoms with Gasteiger partial charge in [-0.05, 0) is 40.0 Å². The van der Waals surface area contributed by atoms with E-state index in [1.54, 1.807) is 0 Å². The van der Waals surface area contributed by atoms with Crippen molar-refractivity contribution in [3.63, 3.8) is 0 Å². The molecule has 0 saturated carbocycles. The van der Waals surface area contributed by atoms with Gasteiger partial charge in [0.15, 0.2) is 5.96 Å². The minimum atomic E-state index is -0.221. The lowest BCUT2D eigenvalue weighted by Gasteiger charge is -2.15. The summed E-state index contributed by atoms with van der Waals surface area (Å²) in [6, 6.07) is 5.11. The monoisotopic (exact) mass is 427 g/mol. The van der Waals surface area contributed by atoms with Gasteiger partial charge in [-0.25, -0.2) is 4.39 Å². The van der Waals surface area contributed by atoms with Crippen molar-refractivity contribution in [2.45, 2.75) is 6.42 Å². The molecule has 0 amide bonds. The number of aliphatic imine (C=N–C) groups is 1. The summed E-state index contributed by atoms with van der Waals surface area (Å²) in [5.41, 5.74) is 1.10. The Hall–Kier alpha value is -0.370. The fourth-order valence-corrected chi connectivity index (χ4v) is 2.16. The van der Waals surface area contributed by atoms with Crippen molar-refractivity contribution >= 4 is 45.9 Å². The van der Waals surface area contributed by atoms with Crippen LogP contribution in [0.3, 0.4) is 0 Å². The van der Waals surface area contributed by atoms with Crippen LogP contribution in [0.2, 0.25) is 0 Å². The van der Waals surface area contributed by atoms with Gasteiger partial charge in [0.2, 0.25) is 0 Å². The molecule has 6 heteroatoms. The number of nitrogens with one attached hydrogen (secondary N) is 1. The molecule has 0 aliphatic carbocycles. The number of nitrogens with zero attached hydrogens (tertiary/aromatic N) is 2. The van der Waals surface area contributed by atoms with E-state index in [0.29, 0.717) is 4.47 Å². The Morgan fingerprint density at radius 2 is 2.28 bits per heavy atom. The SMILES string of the molecule is CN1CCN=C1NCCc1ccc(F)c(Br)c1.I.